The summed E-state index contributed by atoms with van der Waals surface area (Å²) in [6.45, 7) is 4.49. The molecular weight excluding hydrogens is 204 g/mol. The molecule has 4 nitrogen and oxygen atoms in total. The van der Waals surface area contributed by atoms with Crippen molar-refractivity contribution in [1.82, 2.24) is 10.6 Å². The Kier molecular flexibility index (Phi) is 6.42. The molecule has 1 atom stereocenters. The van der Waals surface area contributed by atoms with Crippen LogP contribution < -0.4 is 10.6 Å². The highest BCUT2D eigenvalue weighted by Gasteiger charge is 2.15. The molecule has 4 heteroatoms. The van der Waals surface area contributed by atoms with Gasteiger partial charge in [-0.05, 0) is 39.2 Å². The first-order chi connectivity index (χ1) is 7.72. The lowest BCUT2D eigenvalue weighted by Crippen LogP contribution is -2.37. The standard InChI is InChI=1S/C12H24N2O2/c1-10(13-2)9-14-12(15)4-3-11-5-7-16-8-6-11/h10-11,13H,3-9H2,1-2H3,(H,14,15). The molecular formula is C12H24N2O2. The van der Waals surface area contributed by atoms with E-state index in [0.717, 1.165) is 32.5 Å². The molecule has 1 aliphatic rings. The van der Waals surface area contributed by atoms with Gasteiger partial charge < -0.3 is 15.4 Å². The monoisotopic (exact) mass is 228 g/mol. The van der Waals surface area contributed by atoms with E-state index in [1.54, 1.807) is 0 Å². The van der Waals surface area contributed by atoms with Crippen molar-refractivity contribution < 1.29 is 9.53 Å². The number of carbonyl (C=O) groups excluding carboxylic acids is 1. The van der Waals surface area contributed by atoms with E-state index in [-0.39, 0.29) is 5.91 Å². The average Bonchev–Trinajstić information content (AvgIpc) is 2.34. The molecule has 0 saturated carbocycles. The smallest absolute Gasteiger partial charge is 0.220 e. The normalized spacial score (nSPS) is 19.4. The van der Waals surface area contributed by atoms with Crippen LogP contribution in [0.4, 0.5) is 0 Å². The topological polar surface area (TPSA) is 50.4 Å². The van der Waals surface area contributed by atoms with Gasteiger partial charge in [0.2, 0.25) is 5.91 Å². The number of hydrogen-bond acceptors (Lipinski definition) is 3. The second-order valence-electron chi connectivity index (χ2n) is 4.59. The molecule has 1 fully saturated rings. The summed E-state index contributed by atoms with van der Waals surface area (Å²) in [7, 11) is 1.90. The number of nitrogens with one attached hydrogen (secondary N) is 2. The maximum Gasteiger partial charge on any atom is 0.220 e. The van der Waals surface area contributed by atoms with Crippen molar-refractivity contribution in [3.05, 3.63) is 0 Å². The fourth-order valence-electron chi connectivity index (χ4n) is 1.83. The molecule has 2 N–H and O–H groups in total. The van der Waals surface area contributed by atoms with Crippen LogP contribution in [0.15, 0.2) is 0 Å². The molecule has 16 heavy (non-hydrogen) atoms. The third-order valence-electron chi connectivity index (χ3n) is 3.22. The Morgan fingerprint density at radius 1 is 1.44 bits per heavy atom. The van der Waals surface area contributed by atoms with E-state index in [1.165, 1.54) is 0 Å². The Balaban J connectivity index is 2.05. The highest BCUT2D eigenvalue weighted by molar-refractivity contribution is 5.75. The zero-order valence-electron chi connectivity index (χ0n) is 10.4. The van der Waals surface area contributed by atoms with Crippen LogP contribution in [0, 0.1) is 5.92 Å². The van der Waals surface area contributed by atoms with Gasteiger partial charge in [-0.3, -0.25) is 4.79 Å². The van der Waals surface area contributed by atoms with Crippen LogP contribution in [-0.4, -0.2) is 38.8 Å². The van der Waals surface area contributed by atoms with Gasteiger partial charge in [-0.25, -0.2) is 0 Å². The molecule has 0 aromatic heterocycles. The van der Waals surface area contributed by atoms with Gasteiger partial charge >= 0.3 is 0 Å². The fraction of sp³-hybridized carbons (Fsp3) is 0.917. The van der Waals surface area contributed by atoms with E-state index in [4.69, 9.17) is 4.74 Å². The first kappa shape index (κ1) is 13.5. The summed E-state index contributed by atoms with van der Waals surface area (Å²) in [5.74, 6) is 0.856. The quantitative estimate of drug-likeness (QED) is 0.710. The van der Waals surface area contributed by atoms with Gasteiger partial charge in [0.25, 0.3) is 0 Å². The molecule has 0 bridgehead atoms. The Morgan fingerprint density at radius 3 is 2.75 bits per heavy atom. The van der Waals surface area contributed by atoms with Crippen molar-refractivity contribution in [1.29, 1.82) is 0 Å². The molecule has 1 aliphatic heterocycles. The molecule has 1 unspecified atom stereocenters. The van der Waals surface area contributed by atoms with Crippen molar-refractivity contribution in [3.63, 3.8) is 0 Å². The number of ether oxygens (including phenoxy) is 1. The molecule has 0 aromatic rings. The first-order valence-corrected chi connectivity index (χ1v) is 6.24. The van der Waals surface area contributed by atoms with Gasteiger partial charge in [0.05, 0.1) is 0 Å². The average molecular weight is 228 g/mol. The summed E-state index contributed by atoms with van der Waals surface area (Å²) in [5, 5.41) is 6.03. The predicted octanol–water partition coefficient (Wildman–Crippen LogP) is 0.917. The minimum Gasteiger partial charge on any atom is -0.381 e. The molecule has 1 heterocycles. The van der Waals surface area contributed by atoms with Gasteiger partial charge in [0, 0.05) is 32.2 Å². The Morgan fingerprint density at radius 2 is 2.12 bits per heavy atom. The molecule has 0 aromatic carbocycles. The predicted molar refractivity (Wildman–Crippen MR) is 64.3 cm³/mol. The minimum atomic E-state index is 0.175. The summed E-state index contributed by atoms with van der Waals surface area (Å²) in [4.78, 5) is 11.5. The third kappa shape index (κ3) is 5.47. The second kappa shape index (κ2) is 7.63. The van der Waals surface area contributed by atoms with Crippen LogP contribution in [0.3, 0.4) is 0 Å². The SMILES string of the molecule is CNC(C)CNC(=O)CCC1CCOCC1. The third-order valence-corrected chi connectivity index (χ3v) is 3.22. The van der Waals surface area contributed by atoms with E-state index in [0.29, 0.717) is 24.9 Å². The van der Waals surface area contributed by atoms with Crippen molar-refractivity contribution >= 4 is 5.91 Å². The summed E-state index contributed by atoms with van der Waals surface area (Å²) in [5.41, 5.74) is 0. The Labute approximate surface area is 98.1 Å². The zero-order valence-corrected chi connectivity index (χ0v) is 10.4. The lowest BCUT2D eigenvalue weighted by atomic mass is 9.95. The highest BCUT2D eigenvalue weighted by atomic mass is 16.5. The van der Waals surface area contributed by atoms with Crippen molar-refractivity contribution in [2.24, 2.45) is 5.92 Å². The van der Waals surface area contributed by atoms with Crippen LogP contribution in [0.1, 0.15) is 32.6 Å². The van der Waals surface area contributed by atoms with Crippen LogP contribution in [0.2, 0.25) is 0 Å². The lowest BCUT2D eigenvalue weighted by molar-refractivity contribution is -0.121. The number of hydrogen-bond donors (Lipinski definition) is 2. The first-order valence-electron chi connectivity index (χ1n) is 6.24. The minimum absolute atomic E-state index is 0.175. The number of likely N-dealkylation sites (N-methyl/N-ethyl adjacent to an activating group) is 1. The molecule has 1 rings (SSSR count). The van der Waals surface area contributed by atoms with E-state index in [1.807, 2.05) is 7.05 Å². The van der Waals surface area contributed by atoms with Gasteiger partial charge in [-0.15, -0.1) is 0 Å². The summed E-state index contributed by atoms with van der Waals surface area (Å²) >= 11 is 0. The maximum absolute atomic E-state index is 11.5. The van der Waals surface area contributed by atoms with Crippen LogP contribution in [0.25, 0.3) is 0 Å². The molecule has 0 radical (unpaired) electrons. The number of rotatable bonds is 6. The summed E-state index contributed by atoms with van der Waals surface area (Å²) < 4.78 is 5.29. The van der Waals surface area contributed by atoms with E-state index in [2.05, 4.69) is 17.6 Å². The molecule has 1 saturated heterocycles. The molecule has 0 aliphatic carbocycles. The van der Waals surface area contributed by atoms with Crippen LogP contribution in [-0.2, 0) is 9.53 Å². The highest BCUT2D eigenvalue weighted by Crippen LogP contribution is 2.19. The number of carbonyl (C=O) groups is 1. The lowest BCUT2D eigenvalue weighted by Gasteiger charge is -2.21. The van der Waals surface area contributed by atoms with Gasteiger partial charge in [-0.1, -0.05) is 0 Å². The van der Waals surface area contributed by atoms with E-state index < -0.39 is 0 Å². The van der Waals surface area contributed by atoms with Gasteiger partial charge in [0.1, 0.15) is 0 Å². The molecule has 1 amide bonds. The van der Waals surface area contributed by atoms with E-state index >= 15 is 0 Å². The largest absolute Gasteiger partial charge is 0.381 e. The Hall–Kier alpha value is -0.610. The maximum atomic E-state index is 11.5. The summed E-state index contributed by atoms with van der Waals surface area (Å²) in [6, 6.07) is 0.340. The van der Waals surface area contributed by atoms with Gasteiger partial charge in [0.15, 0.2) is 0 Å². The summed E-state index contributed by atoms with van der Waals surface area (Å²) in [6.07, 6.45) is 3.88. The molecule has 0 spiro atoms. The van der Waals surface area contributed by atoms with Crippen molar-refractivity contribution in [3.8, 4) is 0 Å². The van der Waals surface area contributed by atoms with Gasteiger partial charge in [-0.2, -0.15) is 0 Å². The van der Waals surface area contributed by atoms with Crippen LogP contribution in [0.5, 0.6) is 0 Å². The van der Waals surface area contributed by atoms with Crippen LogP contribution >= 0.6 is 0 Å². The second-order valence-corrected chi connectivity index (χ2v) is 4.59. The number of amides is 1. The molecule has 94 valence electrons. The van der Waals surface area contributed by atoms with E-state index in [9.17, 15) is 4.79 Å². The van der Waals surface area contributed by atoms with Crippen molar-refractivity contribution in [2.45, 2.75) is 38.6 Å². The fourth-order valence-corrected chi connectivity index (χ4v) is 1.83. The zero-order chi connectivity index (χ0) is 11.8. The Bertz CT molecular complexity index is 203. The van der Waals surface area contributed by atoms with Crippen molar-refractivity contribution in [2.75, 3.05) is 26.8 Å².